The number of halogens is 3. The van der Waals surface area contributed by atoms with Gasteiger partial charge in [0.05, 0.1) is 6.42 Å². The van der Waals surface area contributed by atoms with E-state index in [2.05, 4.69) is 19.2 Å². The molecule has 1 N–H and O–H groups in total. The van der Waals surface area contributed by atoms with Crippen molar-refractivity contribution in [2.45, 2.75) is 64.7 Å². The summed E-state index contributed by atoms with van der Waals surface area (Å²) >= 11 is 0. The zero-order chi connectivity index (χ0) is 12.3. The number of alkyl halides is 3. The highest BCUT2D eigenvalue weighted by Gasteiger charge is 2.32. The third-order valence-corrected chi connectivity index (χ3v) is 3.49. The van der Waals surface area contributed by atoms with Crippen LogP contribution < -0.4 is 5.32 Å². The summed E-state index contributed by atoms with van der Waals surface area (Å²) in [6.07, 6.45) is -1.46. The number of hydrogen-bond acceptors (Lipinski definition) is 1. The van der Waals surface area contributed by atoms with Crippen molar-refractivity contribution in [3.8, 4) is 0 Å². The first-order valence-electron chi connectivity index (χ1n) is 6.10. The van der Waals surface area contributed by atoms with Crippen LogP contribution in [0.2, 0.25) is 0 Å². The SMILES string of the molecule is CC1CCC(C)C(NC(C)CC(F)(F)F)C1. The van der Waals surface area contributed by atoms with Gasteiger partial charge in [-0.3, -0.25) is 0 Å². The van der Waals surface area contributed by atoms with Gasteiger partial charge >= 0.3 is 6.18 Å². The Kier molecular flexibility index (Phi) is 4.65. The van der Waals surface area contributed by atoms with Crippen LogP contribution in [0.25, 0.3) is 0 Å². The van der Waals surface area contributed by atoms with Gasteiger partial charge in [-0.2, -0.15) is 13.2 Å². The quantitative estimate of drug-likeness (QED) is 0.788. The Morgan fingerprint density at radius 3 is 2.44 bits per heavy atom. The molecule has 4 atom stereocenters. The summed E-state index contributed by atoms with van der Waals surface area (Å²) in [4.78, 5) is 0. The van der Waals surface area contributed by atoms with Crippen LogP contribution in [0.5, 0.6) is 0 Å². The molecule has 1 fully saturated rings. The Morgan fingerprint density at radius 1 is 1.25 bits per heavy atom. The molecule has 1 aliphatic carbocycles. The van der Waals surface area contributed by atoms with Crippen molar-refractivity contribution in [3.63, 3.8) is 0 Å². The summed E-state index contributed by atoms with van der Waals surface area (Å²) in [5.41, 5.74) is 0. The molecule has 0 spiro atoms. The highest BCUT2D eigenvalue weighted by Crippen LogP contribution is 2.29. The normalized spacial score (nSPS) is 33.8. The summed E-state index contributed by atoms with van der Waals surface area (Å²) < 4.78 is 36.6. The molecule has 0 radical (unpaired) electrons. The van der Waals surface area contributed by atoms with Crippen molar-refractivity contribution >= 4 is 0 Å². The van der Waals surface area contributed by atoms with Gasteiger partial charge in [0.25, 0.3) is 0 Å². The smallest absolute Gasteiger partial charge is 0.311 e. The van der Waals surface area contributed by atoms with Gasteiger partial charge in [-0.1, -0.05) is 20.3 Å². The fourth-order valence-electron chi connectivity index (χ4n) is 2.54. The maximum atomic E-state index is 12.2. The van der Waals surface area contributed by atoms with E-state index in [1.807, 2.05) is 0 Å². The van der Waals surface area contributed by atoms with Crippen molar-refractivity contribution in [2.24, 2.45) is 11.8 Å². The fourth-order valence-corrected chi connectivity index (χ4v) is 2.54. The molecule has 0 amide bonds. The lowest BCUT2D eigenvalue weighted by molar-refractivity contribution is -0.139. The Hall–Kier alpha value is -0.250. The van der Waals surface area contributed by atoms with Crippen LogP contribution in [0, 0.1) is 11.8 Å². The zero-order valence-corrected chi connectivity index (χ0v) is 10.3. The van der Waals surface area contributed by atoms with Crippen molar-refractivity contribution in [2.75, 3.05) is 0 Å². The number of hydrogen-bond donors (Lipinski definition) is 1. The van der Waals surface area contributed by atoms with E-state index in [1.54, 1.807) is 6.92 Å². The highest BCUT2D eigenvalue weighted by atomic mass is 19.4. The lowest BCUT2D eigenvalue weighted by Gasteiger charge is -2.35. The summed E-state index contributed by atoms with van der Waals surface area (Å²) in [6.45, 7) is 5.93. The van der Waals surface area contributed by atoms with Crippen molar-refractivity contribution < 1.29 is 13.2 Å². The molecule has 1 rings (SSSR count). The molecule has 0 bridgehead atoms. The topological polar surface area (TPSA) is 12.0 Å². The summed E-state index contributed by atoms with van der Waals surface area (Å²) in [6, 6.07) is -0.223. The Bertz CT molecular complexity index is 215. The third kappa shape index (κ3) is 4.73. The van der Waals surface area contributed by atoms with E-state index in [1.165, 1.54) is 6.42 Å². The lowest BCUT2D eigenvalue weighted by atomic mass is 9.80. The minimum atomic E-state index is -4.06. The van der Waals surface area contributed by atoms with Gasteiger partial charge in [0.1, 0.15) is 0 Å². The van der Waals surface area contributed by atoms with Gasteiger partial charge < -0.3 is 5.32 Å². The molecular formula is C12H22F3N. The van der Waals surface area contributed by atoms with Gasteiger partial charge in [0.2, 0.25) is 0 Å². The predicted octanol–water partition coefficient (Wildman–Crippen LogP) is 3.74. The van der Waals surface area contributed by atoms with E-state index in [0.717, 1.165) is 12.8 Å². The van der Waals surface area contributed by atoms with Crippen LogP contribution in [0.1, 0.15) is 46.5 Å². The molecule has 1 nitrogen and oxygen atoms in total. The molecule has 0 heterocycles. The molecule has 0 aromatic rings. The maximum absolute atomic E-state index is 12.2. The minimum absolute atomic E-state index is 0.251. The van der Waals surface area contributed by atoms with Crippen LogP contribution in [0.3, 0.4) is 0 Å². The van der Waals surface area contributed by atoms with Gasteiger partial charge in [0, 0.05) is 12.1 Å². The first-order chi connectivity index (χ1) is 7.28. The van der Waals surface area contributed by atoms with Gasteiger partial charge in [0.15, 0.2) is 0 Å². The molecule has 1 aliphatic rings. The van der Waals surface area contributed by atoms with Crippen molar-refractivity contribution in [1.29, 1.82) is 0 Å². The molecule has 96 valence electrons. The molecule has 4 unspecified atom stereocenters. The second-order valence-corrected chi connectivity index (χ2v) is 5.39. The van der Waals surface area contributed by atoms with Crippen molar-refractivity contribution in [1.82, 2.24) is 5.32 Å². The summed E-state index contributed by atoms with van der Waals surface area (Å²) in [5, 5.41) is 3.14. The van der Waals surface area contributed by atoms with E-state index in [4.69, 9.17) is 0 Å². The Morgan fingerprint density at radius 2 is 1.88 bits per heavy atom. The number of nitrogens with one attached hydrogen (secondary N) is 1. The van der Waals surface area contributed by atoms with Crippen LogP contribution in [-0.4, -0.2) is 18.3 Å². The van der Waals surface area contributed by atoms with E-state index < -0.39 is 18.6 Å². The van der Waals surface area contributed by atoms with E-state index >= 15 is 0 Å². The van der Waals surface area contributed by atoms with Crippen LogP contribution in [-0.2, 0) is 0 Å². The molecule has 0 aromatic heterocycles. The number of rotatable bonds is 3. The van der Waals surface area contributed by atoms with Crippen LogP contribution in [0.15, 0.2) is 0 Å². The lowest BCUT2D eigenvalue weighted by Crippen LogP contribution is -2.45. The Balaban J connectivity index is 2.40. The van der Waals surface area contributed by atoms with Gasteiger partial charge in [-0.05, 0) is 31.6 Å². The van der Waals surface area contributed by atoms with Crippen molar-refractivity contribution in [3.05, 3.63) is 0 Å². The molecule has 4 heteroatoms. The molecule has 0 aromatic carbocycles. The molecule has 1 saturated carbocycles. The second kappa shape index (κ2) is 5.39. The average Bonchev–Trinajstić information content (AvgIpc) is 2.08. The van der Waals surface area contributed by atoms with E-state index in [-0.39, 0.29) is 6.04 Å². The minimum Gasteiger partial charge on any atom is -0.311 e. The Labute approximate surface area is 95.8 Å². The van der Waals surface area contributed by atoms with Gasteiger partial charge in [-0.25, -0.2) is 0 Å². The van der Waals surface area contributed by atoms with Gasteiger partial charge in [-0.15, -0.1) is 0 Å². The zero-order valence-electron chi connectivity index (χ0n) is 10.3. The maximum Gasteiger partial charge on any atom is 0.390 e. The first-order valence-corrected chi connectivity index (χ1v) is 6.10. The van der Waals surface area contributed by atoms with Crippen LogP contribution in [0.4, 0.5) is 13.2 Å². The summed E-state index contributed by atoms with van der Waals surface area (Å²) in [7, 11) is 0. The fraction of sp³-hybridized carbons (Fsp3) is 1.00. The molecule has 16 heavy (non-hydrogen) atoms. The third-order valence-electron chi connectivity index (χ3n) is 3.49. The monoisotopic (exact) mass is 237 g/mol. The molecular weight excluding hydrogens is 215 g/mol. The predicted molar refractivity (Wildman–Crippen MR) is 59.2 cm³/mol. The van der Waals surface area contributed by atoms with E-state index in [0.29, 0.717) is 11.8 Å². The molecule has 0 saturated heterocycles. The van der Waals surface area contributed by atoms with E-state index in [9.17, 15) is 13.2 Å². The largest absolute Gasteiger partial charge is 0.390 e. The van der Waals surface area contributed by atoms with Crippen LogP contribution >= 0.6 is 0 Å². The molecule has 0 aliphatic heterocycles. The second-order valence-electron chi connectivity index (χ2n) is 5.39. The summed E-state index contributed by atoms with van der Waals surface area (Å²) in [5.74, 6) is 1.12. The average molecular weight is 237 g/mol. The standard InChI is InChI=1S/C12H22F3N/c1-8-4-5-9(2)11(6-8)16-10(3)7-12(13,14)15/h8-11,16H,4-7H2,1-3H3. The first kappa shape index (κ1) is 13.8. The highest BCUT2D eigenvalue weighted by molar-refractivity contribution is 4.83.